The summed E-state index contributed by atoms with van der Waals surface area (Å²) >= 11 is 0. The third kappa shape index (κ3) is 2.37. The van der Waals surface area contributed by atoms with Crippen LogP contribution in [0.4, 0.5) is 0 Å². The first-order valence-electron chi connectivity index (χ1n) is 5.94. The van der Waals surface area contributed by atoms with Crippen molar-refractivity contribution in [3.8, 4) is 0 Å². The quantitative estimate of drug-likeness (QED) is 0.802. The van der Waals surface area contributed by atoms with E-state index in [2.05, 4.69) is 22.3 Å². The van der Waals surface area contributed by atoms with E-state index < -0.39 is 0 Å². The summed E-state index contributed by atoms with van der Waals surface area (Å²) < 4.78 is 1.90. The second-order valence-electron chi connectivity index (χ2n) is 4.22. The fourth-order valence-electron chi connectivity index (χ4n) is 2.14. The minimum absolute atomic E-state index is 0.374. The zero-order chi connectivity index (χ0) is 10.7. The molecule has 2 heterocycles. The third-order valence-electron chi connectivity index (χ3n) is 3.06. The molecule has 0 aromatic carbocycles. The van der Waals surface area contributed by atoms with Crippen LogP contribution < -0.4 is 5.32 Å². The molecule has 4 heteroatoms. The highest BCUT2D eigenvalue weighted by Crippen LogP contribution is 2.20. The highest BCUT2D eigenvalue weighted by atomic mass is 15.3. The van der Waals surface area contributed by atoms with Gasteiger partial charge in [-0.3, -0.25) is 4.68 Å². The summed E-state index contributed by atoms with van der Waals surface area (Å²) in [5.74, 6) is 2.06. The molecular formula is C11H20N4. The number of aromatic nitrogens is 3. The number of nitrogens with zero attached hydrogens (tertiary/aromatic N) is 3. The highest BCUT2D eigenvalue weighted by molar-refractivity contribution is 4.98. The van der Waals surface area contributed by atoms with Crippen molar-refractivity contribution in [3.05, 3.63) is 11.6 Å². The number of hydrogen-bond acceptors (Lipinski definition) is 3. The minimum atomic E-state index is 0.374. The average Bonchev–Trinajstić information content (AvgIpc) is 2.48. The Morgan fingerprint density at radius 1 is 1.40 bits per heavy atom. The van der Waals surface area contributed by atoms with Crippen LogP contribution in [0.2, 0.25) is 0 Å². The van der Waals surface area contributed by atoms with Gasteiger partial charge in [0.2, 0.25) is 0 Å². The van der Waals surface area contributed by atoms with E-state index in [0.29, 0.717) is 6.04 Å². The molecule has 0 bridgehead atoms. The van der Waals surface area contributed by atoms with Crippen LogP contribution >= 0.6 is 0 Å². The smallest absolute Gasteiger partial charge is 0.167 e. The summed E-state index contributed by atoms with van der Waals surface area (Å²) in [6, 6.07) is 0.374. The summed E-state index contributed by atoms with van der Waals surface area (Å²) in [6.45, 7) is 3.22. The van der Waals surface area contributed by atoms with Crippen LogP contribution in [0.15, 0.2) is 0 Å². The van der Waals surface area contributed by atoms with Gasteiger partial charge in [-0.05, 0) is 19.4 Å². The van der Waals surface area contributed by atoms with Crippen molar-refractivity contribution in [1.29, 1.82) is 0 Å². The summed E-state index contributed by atoms with van der Waals surface area (Å²) in [4.78, 5) is 4.58. The van der Waals surface area contributed by atoms with Crippen molar-refractivity contribution in [2.24, 2.45) is 7.05 Å². The summed E-state index contributed by atoms with van der Waals surface area (Å²) in [5, 5.41) is 8.01. The van der Waals surface area contributed by atoms with E-state index in [9.17, 15) is 0 Å². The molecule has 0 amide bonds. The van der Waals surface area contributed by atoms with Crippen LogP contribution in [0.1, 0.15) is 50.3 Å². The first-order chi connectivity index (χ1) is 7.31. The standard InChI is InChI=1S/C11H20N4/c1-3-10-13-11(14-15(10)2)9-7-5-4-6-8-12-9/h9,12H,3-8H2,1-2H3. The zero-order valence-corrected chi connectivity index (χ0v) is 9.66. The SMILES string of the molecule is CCc1nc(C2CCCCCN2)nn1C. The van der Waals surface area contributed by atoms with Crippen molar-refractivity contribution in [2.75, 3.05) is 6.54 Å². The van der Waals surface area contributed by atoms with Crippen molar-refractivity contribution in [3.63, 3.8) is 0 Å². The van der Waals surface area contributed by atoms with Gasteiger partial charge in [-0.15, -0.1) is 0 Å². The van der Waals surface area contributed by atoms with E-state index >= 15 is 0 Å². The molecule has 15 heavy (non-hydrogen) atoms. The molecule has 1 aromatic rings. The van der Waals surface area contributed by atoms with Crippen LogP contribution in [0, 0.1) is 0 Å². The van der Waals surface area contributed by atoms with Gasteiger partial charge in [-0.25, -0.2) is 4.98 Å². The van der Waals surface area contributed by atoms with Crippen LogP contribution in [0.3, 0.4) is 0 Å². The predicted molar refractivity (Wildman–Crippen MR) is 59.6 cm³/mol. The molecule has 4 nitrogen and oxygen atoms in total. The molecule has 0 aliphatic carbocycles. The van der Waals surface area contributed by atoms with Crippen molar-refractivity contribution in [1.82, 2.24) is 20.1 Å². The average molecular weight is 208 g/mol. The Kier molecular flexibility index (Phi) is 3.36. The molecule has 1 saturated heterocycles. The Morgan fingerprint density at radius 3 is 3.00 bits per heavy atom. The maximum Gasteiger partial charge on any atom is 0.167 e. The van der Waals surface area contributed by atoms with E-state index in [1.807, 2.05) is 11.7 Å². The Balaban J connectivity index is 2.12. The first-order valence-corrected chi connectivity index (χ1v) is 5.94. The van der Waals surface area contributed by atoms with Gasteiger partial charge in [0, 0.05) is 13.5 Å². The lowest BCUT2D eigenvalue weighted by atomic mass is 10.1. The number of nitrogens with one attached hydrogen (secondary N) is 1. The molecule has 0 radical (unpaired) electrons. The molecule has 0 saturated carbocycles. The molecule has 1 atom stereocenters. The van der Waals surface area contributed by atoms with Gasteiger partial charge in [-0.2, -0.15) is 5.10 Å². The highest BCUT2D eigenvalue weighted by Gasteiger charge is 2.18. The molecule has 1 N–H and O–H groups in total. The van der Waals surface area contributed by atoms with Crippen LogP contribution in [-0.4, -0.2) is 21.3 Å². The van der Waals surface area contributed by atoms with E-state index in [0.717, 1.165) is 24.6 Å². The minimum Gasteiger partial charge on any atom is -0.307 e. The lowest BCUT2D eigenvalue weighted by Gasteiger charge is -2.10. The largest absolute Gasteiger partial charge is 0.307 e. The first kappa shape index (κ1) is 10.6. The molecule has 0 spiro atoms. The molecule has 2 rings (SSSR count). The third-order valence-corrected chi connectivity index (χ3v) is 3.06. The molecule has 1 aliphatic rings. The molecule has 84 valence electrons. The van der Waals surface area contributed by atoms with Crippen LogP contribution in [0.5, 0.6) is 0 Å². The Morgan fingerprint density at radius 2 is 2.27 bits per heavy atom. The molecule has 1 aliphatic heterocycles. The van der Waals surface area contributed by atoms with E-state index in [4.69, 9.17) is 0 Å². The molecule has 1 unspecified atom stereocenters. The van der Waals surface area contributed by atoms with Gasteiger partial charge in [0.05, 0.1) is 6.04 Å². The van der Waals surface area contributed by atoms with Gasteiger partial charge in [-0.1, -0.05) is 19.8 Å². The van der Waals surface area contributed by atoms with Crippen molar-refractivity contribution in [2.45, 2.75) is 45.1 Å². The van der Waals surface area contributed by atoms with Gasteiger partial charge >= 0.3 is 0 Å². The zero-order valence-electron chi connectivity index (χ0n) is 9.66. The van der Waals surface area contributed by atoms with E-state index in [1.165, 1.54) is 25.7 Å². The van der Waals surface area contributed by atoms with Crippen molar-refractivity contribution >= 4 is 0 Å². The number of aryl methyl sites for hydroxylation is 2. The lowest BCUT2D eigenvalue weighted by Crippen LogP contribution is -2.21. The topological polar surface area (TPSA) is 42.7 Å². The monoisotopic (exact) mass is 208 g/mol. The van der Waals surface area contributed by atoms with E-state index in [-0.39, 0.29) is 0 Å². The van der Waals surface area contributed by atoms with Crippen LogP contribution in [-0.2, 0) is 13.5 Å². The summed E-state index contributed by atoms with van der Waals surface area (Å²) in [5.41, 5.74) is 0. The second-order valence-corrected chi connectivity index (χ2v) is 4.22. The number of hydrogen-bond donors (Lipinski definition) is 1. The fourth-order valence-corrected chi connectivity index (χ4v) is 2.14. The molecular weight excluding hydrogens is 188 g/mol. The lowest BCUT2D eigenvalue weighted by molar-refractivity contribution is 0.504. The van der Waals surface area contributed by atoms with Gasteiger partial charge in [0.15, 0.2) is 5.82 Å². The van der Waals surface area contributed by atoms with Crippen LogP contribution in [0.25, 0.3) is 0 Å². The maximum absolute atomic E-state index is 4.58. The number of rotatable bonds is 2. The molecule has 1 aromatic heterocycles. The van der Waals surface area contributed by atoms with Crippen molar-refractivity contribution < 1.29 is 0 Å². The molecule has 1 fully saturated rings. The predicted octanol–water partition coefficient (Wildman–Crippen LogP) is 1.58. The Bertz CT molecular complexity index is 310. The Hall–Kier alpha value is -0.900. The summed E-state index contributed by atoms with van der Waals surface area (Å²) in [7, 11) is 1.98. The van der Waals surface area contributed by atoms with E-state index in [1.54, 1.807) is 0 Å². The fraction of sp³-hybridized carbons (Fsp3) is 0.818. The maximum atomic E-state index is 4.58. The second kappa shape index (κ2) is 4.75. The van der Waals surface area contributed by atoms with Gasteiger partial charge in [0.25, 0.3) is 0 Å². The van der Waals surface area contributed by atoms with Gasteiger partial charge < -0.3 is 5.32 Å². The normalized spacial score (nSPS) is 22.7. The van der Waals surface area contributed by atoms with Gasteiger partial charge in [0.1, 0.15) is 5.82 Å². The Labute approximate surface area is 91.1 Å². The summed E-state index contributed by atoms with van der Waals surface area (Å²) in [6.07, 6.45) is 6.03.